The third-order valence-corrected chi connectivity index (χ3v) is 11.6. The maximum atomic E-state index is 13.1. The van der Waals surface area contributed by atoms with Gasteiger partial charge in [-0.05, 0) is 85.9 Å². The number of amides is 3. The van der Waals surface area contributed by atoms with Gasteiger partial charge in [0, 0.05) is 76.2 Å². The number of imide groups is 1. The molecule has 1 aromatic carbocycles. The second-order valence-electron chi connectivity index (χ2n) is 15.2. The van der Waals surface area contributed by atoms with Crippen molar-refractivity contribution in [2.75, 3.05) is 50.5 Å². The van der Waals surface area contributed by atoms with Crippen LogP contribution in [0.25, 0.3) is 11.0 Å². The summed E-state index contributed by atoms with van der Waals surface area (Å²) in [5, 5.41) is 6.63. The molecule has 12 nitrogen and oxygen atoms in total. The monoisotopic (exact) mass is 689 g/mol. The van der Waals surface area contributed by atoms with Crippen molar-refractivity contribution in [3.8, 4) is 0 Å². The lowest BCUT2D eigenvalue weighted by atomic mass is 9.77. The van der Waals surface area contributed by atoms with E-state index in [1.807, 2.05) is 18.3 Å². The Balaban J connectivity index is 0.861. The Morgan fingerprint density at radius 1 is 0.961 bits per heavy atom. The molecule has 1 unspecified atom stereocenters. The molecule has 1 aliphatic carbocycles. The molecule has 4 aromatic rings. The van der Waals surface area contributed by atoms with Crippen molar-refractivity contribution in [3.05, 3.63) is 71.7 Å². The molecule has 51 heavy (non-hydrogen) atoms. The fraction of sp³-hybridized carbons (Fsp3) is 0.487. The highest BCUT2D eigenvalue weighted by Crippen LogP contribution is 2.42. The van der Waals surface area contributed by atoms with Gasteiger partial charge < -0.3 is 19.7 Å². The lowest BCUT2D eigenvalue weighted by molar-refractivity contribution is -0.134. The first-order valence-electron chi connectivity index (χ1n) is 18.5. The van der Waals surface area contributed by atoms with Gasteiger partial charge in [0.2, 0.25) is 17.8 Å². The van der Waals surface area contributed by atoms with Crippen LogP contribution >= 0.6 is 0 Å². The molecule has 6 heterocycles. The van der Waals surface area contributed by atoms with Crippen LogP contribution in [0.5, 0.6) is 0 Å². The summed E-state index contributed by atoms with van der Waals surface area (Å²) in [6, 6.07) is 14.7. The number of carbonyl (C=O) groups excluding carboxylic acids is 3. The van der Waals surface area contributed by atoms with Crippen molar-refractivity contribution in [2.45, 2.75) is 76.3 Å². The molecule has 4 fully saturated rings. The highest BCUT2D eigenvalue weighted by atomic mass is 16.2. The molecule has 266 valence electrons. The normalized spacial score (nSPS) is 21.1. The van der Waals surface area contributed by atoms with Gasteiger partial charge in [0.05, 0.1) is 5.92 Å². The van der Waals surface area contributed by atoms with E-state index in [9.17, 15) is 14.4 Å². The first kappa shape index (κ1) is 33.3. The summed E-state index contributed by atoms with van der Waals surface area (Å²) in [5.41, 5.74) is 5.18. The summed E-state index contributed by atoms with van der Waals surface area (Å²) in [6.07, 6.45) is 12.7. The number of hydrogen-bond acceptors (Lipinski definition) is 9. The molecule has 2 N–H and O–H groups in total. The molecule has 3 amide bonds. The van der Waals surface area contributed by atoms with Crippen molar-refractivity contribution in [1.82, 2.24) is 34.6 Å². The Kier molecular flexibility index (Phi) is 8.95. The third-order valence-electron chi connectivity index (χ3n) is 11.6. The predicted octanol–water partition coefficient (Wildman–Crippen LogP) is 5.40. The van der Waals surface area contributed by atoms with E-state index in [0.717, 1.165) is 75.0 Å². The molecule has 1 saturated carbocycles. The van der Waals surface area contributed by atoms with Crippen molar-refractivity contribution in [1.29, 1.82) is 0 Å². The van der Waals surface area contributed by atoms with Gasteiger partial charge >= 0.3 is 0 Å². The number of anilines is 3. The van der Waals surface area contributed by atoms with E-state index in [2.05, 4.69) is 60.3 Å². The van der Waals surface area contributed by atoms with Gasteiger partial charge in [0.15, 0.2) is 0 Å². The highest BCUT2D eigenvalue weighted by molar-refractivity contribution is 6.01. The van der Waals surface area contributed by atoms with Crippen molar-refractivity contribution in [2.24, 2.45) is 5.41 Å². The molecule has 3 saturated heterocycles. The summed E-state index contributed by atoms with van der Waals surface area (Å²) < 4.78 is 2.13. The maximum absolute atomic E-state index is 13.1. The SMILES string of the molecule is CN(C)C(=O)c1cc2cnc(Nc3ccc(CN4CCC5(CCN(c6ccc(C7CCC(=O)NC7=O)cc6)CC5)C4)cn3)nc2n1C1CCCC1. The van der Waals surface area contributed by atoms with Crippen molar-refractivity contribution in [3.63, 3.8) is 0 Å². The van der Waals surface area contributed by atoms with Crippen LogP contribution in [0.15, 0.2) is 54.9 Å². The predicted molar refractivity (Wildman–Crippen MR) is 196 cm³/mol. The van der Waals surface area contributed by atoms with Crippen LogP contribution in [0.4, 0.5) is 17.5 Å². The van der Waals surface area contributed by atoms with Gasteiger partial charge in [-0.2, -0.15) is 4.98 Å². The molecule has 4 aliphatic rings. The van der Waals surface area contributed by atoms with Crippen molar-refractivity contribution < 1.29 is 14.4 Å². The zero-order valence-electron chi connectivity index (χ0n) is 29.6. The lowest BCUT2D eigenvalue weighted by Gasteiger charge is -2.40. The summed E-state index contributed by atoms with van der Waals surface area (Å²) in [4.78, 5) is 57.7. The zero-order valence-corrected chi connectivity index (χ0v) is 29.6. The average molecular weight is 690 g/mol. The van der Waals surface area contributed by atoms with Gasteiger partial charge in [-0.15, -0.1) is 0 Å². The van der Waals surface area contributed by atoms with E-state index >= 15 is 0 Å². The van der Waals surface area contributed by atoms with Gasteiger partial charge in [-0.3, -0.25) is 24.6 Å². The summed E-state index contributed by atoms with van der Waals surface area (Å²) in [7, 11) is 3.57. The third kappa shape index (κ3) is 6.81. The molecule has 8 rings (SSSR count). The molecule has 1 atom stereocenters. The van der Waals surface area contributed by atoms with Crippen LogP contribution in [0.3, 0.4) is 0 Å². The lowest BCUT2D eigenvalue weighted by Crippen LogP contribution is -2.41. The van der Waals surface area contributed by atoms with Gasteiger partial charge in [0.1, 0.15) is 17.2 Å². The number of nitrogens with one attached hydrogen (secondary N) is 2. The summed E-state index contributed by atoms with van der Waals surface area (Å²) >= 11 is 0. The molecular weight excluding hydrogens is 642 g/mol. The van der Waals surface area contributed by atoms with E-state index in [1.54, 1.807) is 25.2 Å². The first-order chi connectivity index (χ1) is 24.7. The molecular formula is C39H47N9O3. The van der Waals surface area contributed by atoms with E-state index in [-0.39, 0.29) is 29.7 Å². The number of pyridine rings is 1. The quantitative estimate of drug-likeness (QED) is 0.234. The molecule has 3 aromatic heterocycles. The molecule has 0 bridgehead atoms. The Labute approximate surface area is 298 Å². The Morgan fingerprint density at radius 2 is 1.73 bits per heavy atom. The second-order valence-corrected chi connectivity index (χ2v) is 15.2. The molecule has 0 radical (unpaired) electrons. The number of rotatable bonds is 8. The average Bonchev–Trinajstić information content (AvgIpc) is 3.89. The standard InChI is InChI=1S/C39H47N9O3/c1-45(2)37(51)32-21-28-23-41-38(44-35(28)48(32)30-5-3-4-6-30)42-33-13-7-26(22-40-33)24-46-18-15-39(25-46)16-19-47(20-17-39)29-10-8-27(9-11-29)31-12-14-34(49)43-36(31)50/h7-11,13,21-23,30-31H,3-6,12,14-20,24-25H2,1-2H3,(H,43,49,50)(H,40,41,42,44). The largest absolute Gasteiger partial charge is 0.371 e. The van der Waals surface area contributed by atoms with Gasteiger partial charge in [-0.1, -0.05) is 31.0 Å². The van der Waals surface area contributed by atoms with Crippen LogP contribution in [-0.2, 0) is 16.1 Å². The van der Waals surface area contributed by atoms with E-state index in [0.29, 0.717) is 35.7 Å². The first-order valence-corrected chi connectivity index (χ1v) is 18.5. The number of likely N-dealkylation sites (tertiary alicyclic amines) is 1. The number of hydrogen-bond donors (Lipinski definition) is 2. The molecule has 1 spiro atoms. The van der Waals surface area contributed by atoms with Crippen LogP contribution in [0.1, 0.15) is 91.4 Å². The molecule has 12 heteroatoms. The molecule has 3 aliphatic heterocycles. The van der Waals surface area contributed by atoms with Gasteiger partial charge in [0.25, 0.3) is 5.91 Å². The Morgan fingerprint density at radius 3 is 2.43 bits per heavy atom. The number of aromatic nitrogens is 4. The van der Waals surface area contributed by atoms with E-state index in [1.165, 1.54) is 30.5 Å². The fourth-order valence-corrected chi connectivity index (χ4v) is 8.70. The minimum Gasteiger partial charge on any atom is -0.371 e. The van der Waals surface area contributed by atoms with Crippen molar-refractivity contribution >= 4 is 46.2 Å². The van der Waals surface area contributed by atoms with Crippen LogP contribution in [0.2, 0.25) is 0 Å². The Hall–Kier alpha value is -4.84. The maximum Gasteiger partial charge on any atom is 0.270 e. The summed E-state index contributed by atoms with van der Waals surface area (Å²) in [5.74, 6) is 0.546. The number of fused-ring (bicyclic) bond motifs is 1. The topological polar surface area (TPSA) is 129 Å². The van der Waals surface area contributed by atoms with Crippen LogP contribution < -0.4 is 15.5 Å². The van der Waals surface area contributed by atoms with Crippen LogP contribution in [-0.4, -0.2) is 87.3 Å². The van der Waals surface area contributed by atoms with E-state index in [4.69, 9.17) is 9.97 Å². The number of piperidine rings is 2. The second kappa shape index (κ2) is 13.7. The minimum absolute atomic E-state index is 0.0169. The Bertz CT molecular complexity index is 1920. The minimum atomic E-state index is -0.243. The fourth-order valence-electron chi connectivity index (χ4n) is 8.70. The van der Waals surface area contributed by atoms with Crippen LogP contribution in [0, 0.1) is 5.41 Å². The number of benzene rings is 1. The number of nitrogens with zero attached hydrogens (tertiary/aromatic N) is 7. The highest BCUT2D eigenvalue weighted by Gasteiger charge is 2.40. The summed E-state index contributed by atoms with van der Waals surface area (Å²) in [6.45, 7) is 5.12. The smallest absolute Gasteiger partial charge is 0.270 e. The zero-order chi connectivity index (χ0) is 35.1. The number of carbonyl (C=O) groups is 3. The van der Waals surface area contributed by atoms with E-state index < -0.39 is 0 Å². The van der Waals surface area contributed by atoms with Gasteiger partial charge in [-0.25, -0.2) is 9.97 Å².